The minimum Gasteiger partial charge on any atom is -0.462 e. The van der Waals surface area contributed by atoms with Crippen molar-refractivity contribution in [1.29, 1.82) is 0 Å². The lowest BCUT2D eigenvalue weighted by Crippen LogP contribution is -2.41. The molecule has 1 aromatic carbocycles. The van der Waals surface area contributed by atoms with Gasteiger partial charge in [0.1, 0.15) is 29.8 Å². The second-order valence-corrected chi connectivity index (χ2v) is 11.1. The summed E-state index contributed by atoms with van der Waals surface area (Å²) in [6.45, 7) is 4.07. The number of nitrogens with one attached hydrogen (secondary N) is 1. The summed E-state index contributed by atoms with van der Waals surface area (Å²) in [5, 5.41) is 13.0. The second kappa shape index (κ2) is 11.4. The maximum atomic E-state index is 15.4. The highest BCUT2D eigenvalue weighted by atomic mass is 79.9. The van der Waals surface area contributed by atoms with Gasteiger partial charge in [-0.1, -0.05) is 18.2 Å². The average Bonchev–Trinajstić information content (AvgIpc) is 3.01. The number of nitrogens with two attached hydrogens (primary N) is 1. The molecule has 15 heteroatoms. The molecule has 0 radical (unpaired) electrons. The van der Waals surface area contributed by atoms with Gasteiger partial charge in [0.05, 0.1) is 12.7 Å². The van der Waals surface area contributed by atoms with Gasteiger partial charge < -0.3 is 24.8 Å². The number of hydrogen-bond donors (Lipinski definition) is 3. The molecular formula is C21H27BrFN4O8P. The van der Waals surface area contributed by atoms with Gasteiger partial charge in [-0.25, -0.2) is 13.8 Å². The van der Waals surface area contributed by atoms with Crippen molar-refractivity contribution in [3.8, 4) is 5.75 Å². The number of anilines is 1. The van der Waals surface area contributed by atoms with Gasteiger partial charge in [0, 0.05) is 6.20 Å². The summed E-state index contributed by atoms with van der Waals surface area (Å²) in [6, 6.07) is 8.14. The minimum absolute atomic E-state index is 0.0797. The first-order valence-electron chi connectivity index (χ1n) is 10.9. The Bertz CT molecular complexity index is 1170. The second-order valence-electron chi connectivity index (χ2n) is 8.22. The Balaban J connectivity index is 1.79. The Kier molecular flexibility index (Phi) is 8.91. The van der Waals surface area contributed by atoms with Crippen molar-refractivity contribution in [2.24, 2.45) is 0 Å². The van der Waals surface area contributed by atoms with Crippen LogP contribution in [0.5, 0.6) is 5.75 Å². The van der Waals surface area contributed by atoms with E-state index in [1.54, 1.807) is 32.0 Å². The van der Waals surface area contributed by atoms with Crippen molar-refractivity contribution >= 4 is 35.5 Å². The van der Waals surface area contributed by atoms with Crippen molar-refractivity contribution in [1.82, 2.24) is 14.6 Å². The van der Waals surface area contributed by atoms with E-state index in [9.17, 15) is 19.3 Å². The number of aliphatic hydroxyl groups excluding tert-OH is 1. The van der Waals surface area contributed by atoms with E-state index in [0.29, 0.717) is 0 Å². The molecule has 1 aliphatic rings. The molecule has 1 aromatic heterocycles. The van der Waals surface area contributed by atoms with E-state index in [4.69, 9.17) is 24.3 Å². The Hall–Kier alpha value is -2.35. The predicted molar refractivity (Wildman–Crippen MR) is 130 cm³/mol. The van der Waals surface area contributed by atoms with Crippen LogP contribution in [0.3, 0.4) is 0 Å². The topological polar surface area (TPSA) is 164 Å². The lowest BCUT2D eigenvalue weighted by molar-refractivity contribution is -0.149. The van der Waals surface area contributed by atoms with E-state index < -0.39 is 61.2 Å². The number of aliphatic hydroxyl groups is 1. The van der Waals surface area contributed by atoms with E-state index in [1.807, 2.05) is 0 Å². The third-order valence-electron chi connectivity index (χ3n) is 4.92. The van der Waals surface area contributed by atoms with Gasteiger partial charge in [-0.05, 0) is 54.9 Å². The van der Waals surface area contributed by atoms with Gasteiger partial charge in [-0.2, -0.15) is 10.1 Å². The number of benzene rings is 1. The predicted octanol–water partition coefficient (Wildman–Crippen LogP) is 2.28. The van der Waals surface area contributed by atoms with Crippen LogP contribution in [0, 0.1) is 0 Å². The van der Waals surface area contributed by atoms with Gasteiger partial charge >= 0.3 is 19.4 Å². The fourth-order valence-corrected chi connectivity index (χ4v) is 5.34. The van der Waals surface area contributed by atoms with Crippen LogP contribution in [-0.2, 0) is 23.4 Å². The molecule has 1 fully saturated rings. The number of nitrogen functional groups attached to an aromatic ring is 1. The zero-order valence-electron chi connectivity index (χ0n) is 19.6. The summed E-state index contributed by atoms with van der Waals surface area (Å²) < 4.78 is 48.7. The van der Waals surface area contributed by atoms with Crippen LogP contribution >= 0.6 is 23.7 Å². The lowest BCUT2D eigenvalue weighted by atomic mass is 10.1. The highest BCUT2D eigenvalue weighted by Gasteiger charge is 2.57. The van der Waals surface area contributed by atoms with Crippen LogP contribution in [0.15, 0.2) is 47.4 Å². The molecule has 2 heterocycles. The molecule has 1 saturated heterocycles. The fourth-order valence-electron chi connectivity index (χ4n) is 3.22. The number of esters is 1. The van der Waals surface area contributed by atoms with Crippen molar-refractivity contribution in [2.45, 2.75) is 55.9 Å². The molecule has 198 valence electrons. The zero-order valence-corrected chi connectivity index (χ0v) is 22.1. The van der Waals surface area contributed by atoms with E-state index >= 15 is 4.39 Å². The fraction of sp³-hybridized carbons (Fsp3) is 0.476. The molecule has 12 nitrogen and oxygen atoms in total. The van der Waals surface area contributed by atoms with Gasteiger partial charge in [0.2, 0.25) is 4.58 Å². The van der Waals surface area contributed by atoms with Crippen molar-refractivity contribution in [3.63, 3.8) is 0 Å². The highest BCUT2D eigenvalue weighted by Crippen LogP contribution is 2.49. The number of para-hydroxylation sites is 1. The molecule has 1 aliphatic heterocycles. The number of carbonyl (C=O) groups is 1. The maximum Gasteiger partial charge on any atom is 0.459 e. The molecule has 3 rings (SSSR count). The van der Waals surface area contributed by atoms with Crippen molar-refractivity contribution in [2.75, 3.05) is 12.3 Å². The number of nitrogens with zero attached hydrogens (tertiary/aromatic N) is 2. The number of halogens is 2. The SMILES string of the molecule is CC(C)OC(=O)[C@H](C)NP(=O)(OC[C@H]1O[C@@H](n2ccc(N)nc2=O)[C@](F)(Br)[C@@H]1O)Oc1ccccc1. The molecule has 36 heavy (non-hydrogen) atoms. The summed E-state index contributed by atoms with van der Waals surface area (Å²) >= 11 is 2.77. The molecule has 4 N–H and O–H groups in total. The smallest absolute Gasteiger partial charge is 0.459 e. The third-order valence-corrected chi connectivity index (χ3v) is 7.42. The van der Waals surface area contributed by atoms with Gasteiger partial charge in [0.25, 0.3) is 0 Å². The summed E-state index contributed by atoms with van der Waals surface area (Å²) in [5.41, 5.74) is 4.56. The normalized spacial score (nSPS) is 26.4. The van der Waals surface area contributed by atoms with Gasteiger partial charge in [-0.3, -0.25) is 13.9 Å². The Morgan fingerprint density at radius 3 is 2.64 bits per heavy atom. The van der Waals surface area contributed by atoms with E-state index in [1.165, 1.54) is 25.1 Å². The summed E-state index contributed by atoms with van der Waals surface area (Å²) in [5.74, 6) is -0.631. The number of hydrogen-bond acceptors (Lipinski definition) is 10. The molecule has 1 unspecified atom stereocenters. The van der Waals surface area contributed by atoms with Crippen LogP contribution in [0.4, 0.5) is 10.2 Å². The molecule has 6 atom stereocenters. The summed E-state index contributed by atoms with van der Waals surface area (Å²) in [7, 11) is -4.30. The van der Waals surface area contributed by atoms with Crippen molar-refractivity contribution < 1.29 is 37.4 Å². The summed E-state index contributed by atoms with van der Waals surface area (Å²) in [6.07, 6.45) is -4.17. The Morgan fingerprint density at radius 2 is 2.03 bits per heavy atom. The maximum absolute atomic E-state index is 15.4. The van der Waals surface area contributed by atoms with E-state index in [2.05, 4.69) is 26.0 Å². The molecule has 0 spiro atoms. The lowest BCUT2D eigenvalue weighted by Gasteiger charge is -2.25. The molecule has 0 aliphatic carbocycles. The first-order valence-corrected chi connectivity index (χ1v) is 13.2. The number of ether oxygens (including phenoxy) is 2. The van der Waals surface area contributed by atoms with Crippen LogP contribution in [0.25, 0.3) is 0 Å². The standard InChI is InChI=1S/C21H27BrFN4O8P/c1-12(2)33-18(29)13(3)26-36(31,35-14-7-5-4-6-8-14)32-11-15-17(28)21(22,23)19(34-15)27-10-9-16(24)25-20(27)30/h4-10,12-13,15,17,19,28H,11H2,1-3H3,(H,26,31)(H2,24,25,30)/t13-,15+,17+,19+,21-,36?/m0/s1. The van der Waals surface area contributed by atoms with Crippen LogP contribution < -0.4 is 21.0 Å². The van der Waals surface area contributed by atoms with Gasteiger partial charge in [-0.15, -0.1) is 0 Å². The summed E-state index contributed by atoms with van der Waals surface area (Å²) in [4.78, 5) is 28.0. The zero-order chi connectivity index (χ0) is 26.7. The third kappa shape index (κ3) is 6.69. The Labute approximate surface area is 214 Å². The molecule has 0 amide bonds. The molecule has 0 saturated carbocycles. The Morgan fingerprint density at radius 1 is 1.36 bits per heavy atom. The number of alkyl halides is 2. The largest absolute Gasteiger partial charge is 0.462 e. The average molecular weight is 593 g/mol. The first kappa shape index (κ1) is 28.2. The molecule has 0 bridgehead atoms. The number of carbonyl (C=O) groups excluding carboxylic acids is 1. The van der Waals surface area contributed by atoms with Crippen LogP contribution in [0.1, 0.15) is 27.0 Å². The molecular weight excluding hydrogens is 566 g/mol. The van der Waals surface area contributed by atoms with Crippen molar-refractivity contribution in [3.05, 3.63) is 53.1 Å². The van der Waals surface area contributed by atoms with E-state index in [0.717, 1.165) is 10.8 Å². The highest BCUT2D eigenvalue weighted by molar-refractivity contribution is 9.10. The quantitative estimate of drug-likeness (QED) is 0.210. The van der Waals surface area contributed by atoms with E-state index in [-0.39, 0.29) is 11.6 Å². The van der Waals surface area contributed by atoms with Gasteiger partial charge in [0.15, 0.2) is 6.23 Å². The monoisotopic (exact) mass is 592 g/mol. The molecule has 2 aromatic rings. The first-order chi connectivity index (χ1) is 16.8. The van der Waals surface area contributed by atoms with Crippen LogP contribution in [0.2, 0.25) is 0 Å². The minimum atomic E-state index is -4.30. The van der Waals surface area contributed by atoms with Crippen LogP contribution in [-0.4, -0.2) is 56.2 Å². The number of rotatable bonds is 10. The number of aromatic nitrogens is 2.